The van der Waals surface area contributed by atoms with Gasteiger partial charge in [-0.25, -0.2) is 0 Å². The van der Waals surface area contributed by atoms with Crippen molar-refractivity contribution in [1.82, 2.24) is 0 Å². The number of aliphatic hydroxyl groups is 1. The van der Waals surface area contributed by atoms with Gasteiger partial charge >= 0.3 is 47.6 Å². The fourth-order valence-electron chi connectivity index (χ4n) is 2.32. The van der Waals surface area contributed by atoms with E-state index >= 15 is 0 Å². The van der Waals surface area contributed by atoms with E-state index in [1.54, 1.807) is 0 Å². The van der Waals surface area contributed by atoms with E-state index in [0.717, 1.165) is 21.1 Å². The zero-order chi connectivity index (χ0) is 27.5. The predicted octanol–water partition coefficient (Wildman–Crippen LogP) is 5.45. The fourth-order valence-corrected chi connectivity index (χ4v) is 2.32. The first-order valence-corrected chi connectivity index (χ1v) is 8.05. The van der Waals surface area contributed by atoms with Crippen molar-refractivity contribution in [2.75, 3.05) is 27.7 Å². The van der Waals surface area contributed by atoms with Gasteiger partial charge in [-0.3, -0.25) is 0 Å². The van der Waals surface area contributed by atoms with Crippen molar-refractivity contribution < 1.29 is 84.2 Å². The van der Waals surface area contributed by atoms with Crippen LogP contribution >= 0.6 is 0 Å². The third-order valence-electron chi connectivity index (χ3n) is 4.04. The lowest BCUT2D eigenvalue weighted by molar-refractivity contribution is -0.873. The molecular weight excluding hydrogens is 521 g/mol. The van der Waals surface area contributed by atoms with Crippen LogP contribution in [0.1, 0.15) is 6.42 Å². The molecule has 0 spiro atoms. The van der Waals surface area contributed by atoms with Crippen LogP contribution in [0.5, 0.6) is 0 Å². The van der Waals surface area contributed by atoms with E-state index in [1.807, 2.05) is 0 Å². The highest BCUT2D eigenvalue weighted by Crippen LogP contribution is 2.64. The first-order chi connectivity index (χ1) is 13.9. The maximum Gasteiger partial charge on any atom is 0.460 e. The molecule has 0 fully saturated rings. The summed E-state index contributed by atoms with van der Waals surface area (Å²) in [6.07, 6.45) is -13.3. The van der Waals surface area contributed by atoms with Crippen LogP contribution in [0.2, 0.25) is 0 Å². The minimum absolute atomic E-state index is 0.536. The molecule has 0 aromatic rings. The minimum atomic E-state index is -8.65. The highest BCUT2D eigenvalue weighted by atomic mass is 19.4. The van der Waals surface area contributed by atoms with Gasteiger partial charge in [0.25, 0.3) is 0 Å². The summed E-state index contributed by atoms with van der Waals surface area (Å²) < 4.78 is 222. The van der Waals surface area contributed by atoms with Crippen LogP contribution < -0.4 is 0 Å². The number of alkyl halides is 17. The third-order valence-corrected chi connectivity index (χ3v) is 4.04. The normalized spacial score (nSPS) is 17.4. The highest BCUT2D eigenvalue weighted by Gasteiger charge is 2.95. The van der Waals surface area contributed by atoms with Crippen molar-refractivity contribution in [3.05, 3.63) is 0 Å². The monoisotopic (exact) mass is 536 g/mol. The summed E-state index contributed by atoms with van der Waals surface area (Å²) in [5, 5.41) is 9.28. The summed E-state index contributed by atoms with van der Waals surface area (Å²) in [7, 11) is 3.35. The van der Waals surface area contributed by atoms with Crippen LogP contribution in [-0.4, -0.2) is 91.0 Å². The Morgan fingerprint density at radius 1 is 0.515 bits per heavy atom. The van der Waals surface area contributed by atoms with E-state index < -0.39 is 71.2 Å². The van der Waals surface area contributed by atoms with E-state index in [4.69, 9.17) is 0 Å². The number of halogens is 17. The van der Waals surface area contributed by atoms with Crippen molar-refractivity contribution in [1.29, 1.82) is 0 Å². The molecular formula is C14H15F17NO+. The zero-order valence-corrected chi connectivity index (χ0v) is 16.3. The van der Waals surface area contributed by atoms with Gasteiger partial charge < -0.3 is 9.59 Å². The largest absolute Gasteiger partial charge is 0.460 e. The summed E-state index contributed by atoms with van der Waals surface area (Å²) in [6.45, 7) is -0.959. The molecule has 19 heteroatoms. The van der Waals surface area contributed by atoms with E-state index in [0.29, 0.717) is 0 Å². The third kappa shape index (κ3) is 4.93. The highest BCUT2D eigenvalue weighted by molar-refractivity contribution is 5.15. The Balaban J connectivity index is 6.53. The first kappa shape index (κ1) is 31.7. The summed E-state index contributed by atoms with van der Waals surface area (Å²) >= 11 is 0. The minimum Gasteiger partial charge on any atom is -0.387 e. The second-order valence-electron chi connectivity index (χ2n) is 7.98. The predicted molar refractivity (Wildman–Crippen MR) is 74.2 cm³/mol. The molecule has 0 rings (SSSR count). The van der Waals surface area contributed by atoms with Gasteiger partial charge in [0.05, 0.1) is 21.1 Å². The van der Waals surface area contributed by atoms with Crippen molar-refractivity contribution in [2.24, 2.45) is 0 Å². The van der Waals surface area contributed by atoms with Crippen molar-refractivity contribution in [3.8, 4) is 0 Å². The van der Waals surface area contributed by atoms with E-state index in [2.05, 4.69) is 0 Å². The van der Waals surface area contributed by atoms with Gasteiger partial charge in [0, 0.05) is 6.42 Å². The smallest absolute Gasteiger partial charge is 0.387 e. The van der Waals surface area contributed by atoms with E-state index in [1.165, 1.54) is 0 Å². The lowest BCUT2D eigenvalue weighted by Gasteiger charge is -2.43. The Morgan fingerprint density at radius 3 is 1.06 bits per heavy atom. The molecule has 0 bridgehead atoms. The molecule has 0 aliphatic rings. The quantitative estimate of drug-likeness (QED) is 0.291. The van der Waals surface area contributed by atoms with Crippen molar-refractivity contribution in [2.45, 2.75) is 60.2 Å². The fraction of sp³-hybridized carbons (Fsp3) is 1.00. The molecule has 0 saturated carbocycles. The van der Waals surface area contributed by atoms with Crippen LogP contribution in [0.15, 0.2) is 0 Å². The molecule has 0 aliphatic heterocycles. The average Bonchev–Trinajstić information content (AvgIpc) is 2.49. The Morgan fingerprint density at radius 2 is 0.788 bits per heavy atom. The van der Waals surface area contributed by atoms with Crippen molar-refractivity contribution >= 4 is 0 Å². The first-order valence-electron chi connectivity index (χ1n) is 8.05. The molecule has 0 aliphatic carbocycles. The van der Waals surface area contributed by atoms with Crippen LogP contribution in [0.4, 0.5) is 74.6 Å². The molecule has 0 amide bonds. The lowest BCUT2D eigenvalue weighted by atomic mass is 9.87. The summed E-state index contributed by atoms with van der Waals surface area (Å²) in [4.78, 5) is 0. The number of rotatable bonds is 10. The molecule has 33 heavy (non-hydrogen) atoms. The number of hydrogen-bond acceptors (Lipinski definition) is 1. The van der Waals surface area contributed by atoms with Gasteiger partial charge in [-0.1, -0.05) is 0 Å². The van der Waals surface area contributed by atoms with Gasteiger partial charge in [-0.05, 0) is 0 Å². The van der Waals surface area contributed by atoms with Crippen LogP contribution in [-0.2, 0) is 0 Å². The maximum atomic E-state index is 13.7. The lowest BCUT2D eigenvalue weighted by Crippen LogP contribution is -2.74. The van der Waals surface area contributed by atoms with Crippen LogP contribution in [0.25, 0.3) is 0 Å². The second kappa shape index (κ2) is 8.15. The summed E-state index contributed by atoms with van der Waals surface area (Å²) in [5.41, 5.74) is 0. The number of likely N-dealkylation sites (N-methyl/N-ethyl adjacent to an activating group) is 1. The van der Waals surface area contributed by atoms with Crippen LogP contribution in [0.3, 0.4) is 0 Å². The van der Waals surface area contributed by atoms with Crippen LogP contribution in [0, 0.1) is 0 Å². The molecule has 1 N–H and O–H groups in total. The molecule has 0 radical (unpaired) electrons. The van der Waals surface area contributed by atoms with Gasteiger partial charge in [-0.15, -0.1) is 0 Å². The van der Waals surface area contributed by atoms with Gasteiger partial charge in [0.1, 0.15) is 12.6 Å². The average molecular weight is 536 g/mol. The maximum absolute atomic E-state index is 13.7. The van der Waals surface area contributed by atoms with Gasteiger partial charge in [0.15, 0.2) is 0 Å². The Kier molecular flexibility index (Phi) is 7.84. The number of aliphatic hydroxyl groups excluding tert-OH is 1. The molecule has 0 heterocycles. The number of quaternary nitrogens is 1. The number of nitrogens with zero attached hydrogens (tertiary/aromatic N) is 1. The van der Waals surface area contributed by atoms with Gasteiger partial charge in [-0.2, -0.15) is 74.6 Å². The Bertz CT molecular complexity index is 691. The summed E-state index contributed by atoms with van der Waals surface area (Å²) in [5.74, 6) is -56.6. The number of hydrogen-bond donors (Lipinski definition) is 1. The van der Waals surface area contributed by atoms with Crippen molar-refractivity contribution in [3.63, 3.8) is 0 Å². The Labute approximate surface area is 173 Å². The van der Waals surface area contributed by atoms with E-state index in [-0.39, 0.29) is 0 Å². The van der Waals surface area contributed by atoms with E-state index in [9.17, 15) is 79.7 Å². The van der Waals surface area contributed by atoms with Gasteiger partial charge in [0.2, 0.25) is 0 Å². The molecule has 1 atom stereocenters. The molecule has 0 saturated heterocycles. The molecule has 2 nitrogen and oxygen atoms in total. The topological polar surface area (TPSA) is 20.2 Å². The molecule has 0 aromatic carbocycles. The second-order valence-corrected chi connectivity index (χ2v) is 7.98. The zero-order valence-electron chi connectivity index (χ0n) is 16.3. The Hall–Kier alpha value is -1.27. The standard InChI is InChI=1S/C14H15F17NO/c1-32(2,3)5-6(33)4-7(15,16)8(17,18)9(19,20)10(21,22)11(23,24)12(25,26)13(27,28)14(29,30)31/h6,33H,4-5H2,1-3H3/q+1. The SMILES string of the molecule is C[N+](C)(C)CC(O)CC(F)(F)C(F)(F)C(F)(F)C(F)(F)C(F)(F)C(F)(F)C(F)(F)C(F)(F)F. The molecule has 200 valence electrons. The molecule has 1 unspecified atom stereocenters. The molecule has 0 aromatic heterocycles. The summed E-state index contributed by atoms with van der Waals surface area (Å²) in [6, 6.07) is 0.